The average molecular weight is 423 g/mol. The van der Waals surface area contributed by atoms with Crippen molar-refractivity contribution in [3.05, 3.63) is 66.7 Å². The second-order valence-corrected chi connectivity index (χ2v) is 9.54. The van der Waals surface area contributed by atoms with Crippen molar-refractivity contribution in [1.82, 2.24) is 0 Å². The molecule has 7 heteroatoms. The quantitative estimate of drug-likeness (QED) is 0.681. The van der Waals surface area contributed by atoms with Crippen LogP contribution < -0.4 is 10.2 Å². The summed E-state index contributed by atoms with van der Waals surface area (Å²) in [6.07, 6.45) is 0.0811. The molecule has 30 heavy (non-hydrogen) atoms. The van der Waals surface area contributed by atoms with Crippen LogP contribution in [-0.2, 0) is 19.4 Å². The van der Waals surface area contributed by atoms with E-state index in [1.54, 1.807) is 30.0 Å². The van der Waals surface area contributed by atoms with Gasteiger partial charge in [0.05, 0.1) is 27.9 Å². The third-order valence-corrected chi connectivity index (χ3v) is 7.20. The van der Waals surface area contributed by atoms with Gasteiger partial charge in [-0.3, -0.25) is 9.59 Å². The highest BCUT2D eigenvalue weighted by molar-refractivity contribution is 7.91. The summed E-state index contributed by atoms with van der Waals surface area (Å²) >= 11 is 0. The van der Waals surface area contributed by atoms with Crippen molar-refractivity contribution in [2.75, 3.05) is 22.5 Å². The first-order valence-electron chi connectivity index (χ1n) is 9.81. The van der Waals surface area contributed by atoms with E-state index in [9.17, 15) is 18.0 Å². The Morgan fingerprint density at radius 1 is 1.03 bits per heavy atom. The molecule has 0 saturated carbocycles. The van der Waals surface area contributed by atoms with Crippen molar-refractivity contribution in [3.8, 4) is 0 Å². The lowest BCUT2D eigenvalue weighted by atomic mass is 10.1. The van der Waals surface area contributed by atoms with Crippen molar-refractivity contribution in [2.45, 2.75) is 18.2 Å². The molecule has 1 heterocycles. The van der Waals surface area contributed by atoms with Gasteiger partial charge in [-0.25, -0.2) is 8.42 Å². The summed E-state index contributed by atoms with van der Waals surface area (Å²) in [4.78, 5) is 27.3. The number of para-hydroxylation sites is 1. The fraction of sp³-hybridized carbons (Fsp3) is 0.217. The minimum absolute atomic E-state index is 0.0589. The van der Waals surface area contributed by atoms with Gasteiger partial charge in [0.2, 0.25) is 11.8 Å². The fourth-order valence-electron chi connectivity index (χ4n) is 3.79. The number of hydrogen-bond acceptors (Lipinski definition) is 4. The van der Waals surface area contributed by atoms with Gasteiger partial charge in [0, 0.05) is 18.4 Å². The number of sulfone groups is 1. The molecule has 1 aliphatic heterocycles. The second-order valence-electron chi connectivity index (χ2n) is 7.29. The highest BCUT2D eigenvalue weighted by Gasteiger charge is 2.36. The Kier molecular flexibility index (Phi) is 5.30. The Balaban J connectivity index is 1.58. The molecule has 6 nitrogen and oxygen atoms in total. The molecule has 3 aromatic carbocycles. The Morgan fingerprint density at radius 3 is 2.53 bits per heavy atom. The van der Waals surface area contributed by atoms with Crippen LogP contribution in [0.25, 0.3) is 10.8 Å². The molecule has 1 unspecified atom stereocenters. The number of nitrogens with one attached hydrogen (secondary N) is 1. The molecule has 3 aromatic rings. The van der Waals surface area contributed by atoms with Gasteiger partial charge in [0.15, 0.2) is 9.84 Å². The molecular formula is C23H22N2O4S. The normalized spacial score (nSPS) is 16.8. The standard InChI is InChI=1S/C23H22N2O4S/c1-2-30(28,29)21-13-6-5-11-19(21)24-23(27)17-14-22(26)25(15-17)20-12-7-9-16-8-3-4-10-18(16)20/h3-13,17H,2,14-15H2,1H3,(H,24,27). The Labute approximate surface area is 175 Å². The van der Waals surface area contributed by atoms with Crippen LogP contribution in [0, 0.1) is 5.92 Å². The predicted octanol–water partition coefficient (Wildman–Crippen LogP) is 3.63. The number of carbonyl (C=O) groups is 2. The summed E-state index contributed by atoms with van der Waals surface area (Å²) in [5.74, 6) is -1.10. The number of fused-ring (bicyclic) bond motifs is 1. The van der Waals surface area contributed by atoms with Gasteiger partial charge >= 0.3 is 0 Å². The van der Waals surface area contributed by atoms with Crippen LogP contribution in [0.5, 0.6) is 0 Å². The Bertz CT molecular complexity index is 1230. The number of benzene rings is 3. The molecule has 1 N–H and O–H groups in total. The lowest BCUT2D eigenvalue weighted by Crippen LogP contribution is -2.28. The molecule has 4 rings (SSSR count). The van der Waals surface area contributed by atoms with E-state index < -0.39 is 15.8 Å². The summed E-state index contributed by atoms with van der Waals surface area (Å²) in [6, 6.07) is 19.9. The number of carbonyl (C=O) groups excluding carboxylic acids is 2. The van der Waals surface area contributed by atoms with E-state index in [1.165, 1.54) is 6.07 Å². The van der Waals surface area contributed by atoms with E-state index in [4.69, 9.17) is 0 Å². The summed E-state index contributed by atoms with van der Waals surface area (Å²) in [7, 11) is -3.48. The predicted molar refractivity (Wildman–Crippen MR) is 117 cm³/mol. The monoisotopic (exact) mass is 422 g/mol. The van der Waals surface area contributed by atoms with Gasteiger partial charge in [0.25, 0.3) is 0 Å². The van der Waals surface area contributed by atoms with Crippen LogP contribution in [0.3, 0.4) is 0 Å². The van der Waals surface area contributed by atoms with Crippen molar-refractivity contribution in [3.63, 3.8) is 0 Å². The average Bonchev–Trinajstić information content (AvgIpc) is 3.15. The third kappa shape index (κ3) is 3.68. The SMILES string of the molecule is CCS(=O)(=O)c1ccccc1NC(=O)C1CC(=O)N(c2cccc3ccccc23)C1. The lowest BCUT2D eigenvalue weighted by Gasteiger charge is -2.19. The van der Waals surface area contributed by atoms with Crippen LogP contribution in [0.1, 0.15) is 13.3 Å². The lowest BCUT2D eigenvalue weighted by molar-refractivity contribution is -0.122. The summed E-state index contributed by atoms with van der Waals surface area (Å²) in [6.45, 7) is 1.81. The van der Waals surface area contributed by atoms with Gasteiger partial charge in [-0.15, -0.1) is 0 Å². The number of nitrogens with zero attached hydrogens (tertiary/aromatic N) is 1. The van der Waals surface area contributed by atoms with E-state index in [0.29, 0.717) is 0 Å². The van der Waals surface area contributed by atoms with Crippen molar-refractivity contribution in [1.29, 1.82) is 0 Å². The highest BCUT2D eigenvalue weighted by Crippen LogP contribution is 2.32. The van der Waals surface area contributed by atoms with Crippen LogP contribution in [-0.4, -0.2) is 32.5 Å². The summed E-state index contributed by atoms with van der Waals surface area (Å²) in [5, 5.41) is 4.70. The zero-order valence-corrected chi connectivity index (χ0v) is 17.4. The minimum Gasteiger partial charge on any atom is -0.325 e. The van der Waals surface area contributed by atoms with Gasteiger partial charge < -0.3 is 10.2 Å². The molecule has 2 amide bonds. The van der Waals surface area contributed by atoms with Crippen molar-refractivity contribution >= 4 is 43.8 Å². The highest BCUT2D eigenvalue weighted by atomic mass is 32.2. The molecule has 0 aliphatic carbocycles. The zero-order valence-electron chi connectivity index (χ0n) is 16.5. The number of hydrogen-bond donors (Lipinski definition) is 1. The summed E-state index contributed by atoms with van der Waals surface area (Å²) < 4.78 is 24.6. The topological polar surface area (TPSA) is 83.5 Å². The molecule has 0 radical (unpaired) electrons. The van der Waals surface area contributed by atoms with Crippen LogP contribution >= 0.6 is 0 Å². The van der Waals surface area contributed by atoms with Crippen molar-refractivity contribution in [2.24, 2.45) is 5.92 Å². The summed E-state index contributed by atoms with van der Waals surface area (Å²) in [5.41, 5.74) is 1.03. The molecule has 1 atom stereocenters. The zero-order chi connectivity index (χ0) is 21.3. The van der Waals surface area contributed by atoms with E-state index in [2.05, 4.69) is 5.32 Å². The fourth-order valence-corrected chi connectivity index (χ4v) is 4.84. The molecule has 0 spiro atoms. The largest absolute Gasteiger partial charge is 0.325 e. The Morgan fingerprint density at radius 2 is 1.73 bits per heavy atom. The van der Waals surface area contributed by atoms with Gasteiger partial charge in [-0.1, -0.05) is 55.5 Å². The van der Waals surface area contributed by atoms with Gasteiger partial charge in [-0.05, 0) is 23.6 Å². The number of rotatable bonds is 5. The maximum Gasteiger partial charge on any atom is 0.229 e. The van der Waals surface area contributed by atoms with Crippen LogP contribution in [0.2, 0.25) is 0 Å². The van der Waals surface area contributed by atoms with Crippen LogP contribution in [0.15, 0.2) is 71.6 Å². The van der Waals surface area contributed by atoms with E-state index in [-0.39, 0.29) is 41.1 Å². The third-order valence-electron chi connectivity index (χ3n) is 5.41. The maximum absolute atomic E-state index is 12.9. The first-order chi connectivity index (χ1) is 14.4. The number of amides is 2. The first-order valence-corrected chi connectivity index (χ1v) is 11.5. The van der Waals surface area contributed by atoms with E-state index in [1.807, 2.05) is 42.5 Å². The van der Waals surface area contributed by atoms with Gasteiger partial charge in [0.1, 0.15) is 0 Å². The molecule has 154 valence electrons. The van der Waals surface area contributed by atoms with E-state index in [0.717, 1.165) is 16.5 Å². The maximum atomic E-state index is 12.9. The molecule has 1 aliphatic rings. The van der Waals surface area contributed by atoms with Crippen molar-refractivity contribution < 1.29 is 18.0 Å². The van der Waals surface area contributed by atoms with Gasteiger partial charge in [-0.2, -0.15) is 0 Å². The smallest absolute Gasteiger partial charge is 0.229 e. The molecule has 1 fully saturated rings. The van der Waals surface area contributed by atoms with Crippen LogP contribution in [0.4, 0.5) is 11.4 Å². The first kappa shape index (κ1) is 20.1. The number of anilines is 2. The van der Waals surface area contributed by atoms with E-state index >= 15 is 0 Å². The molecule has 0 bridgehead atoms. The minimum atomic E-state index is -3.48. The molecule has 0 aromatic heterocycles. The molecular weight excluding hydrogens is 400 g/mol. The Hall–Kier alpha value is -3.19. The molecule has 1 saturated heterocycles. The second kappa shape index (κ2) is 7.91.